The molecule has 0 bridgehead atoms. The number of benzene rings is 1. The second kappa shape index (κ2) is 7.20. The van der Waals surface area contributed by atoms with Crippen LogP contribution in [0.5, 0.6) is 0 Å². The minimum absolute atomic E-state index is 0. The van der Waals surface area contributed by atoms with Crippen molar-refractivity contribution in [3.8, 4) is 0 Å². The first-order valence-electron chi connectivity index (χ1n) is 5.07. The van der Waals surface area contributed by atoms with E-state index >= 15 is 0 Å². The molecular weight excluding hydrogens is 261 g/mol. The highest BCUT2D eigenvalue weighted by Gasteiger charge is 2.01. The highest BCUT2D eigenvalue weighted by molar-refractivity contribution is 5.85. The van der Waals surface area contributed by atoms with Gasteiger partial charge >= 0.3 is 0 Å². The van der Waals surface area contributed by atoms with E-state index in [0.717, 1.165) is 17.3 Å². The fourth-order valence-electron chi connectivity index (χ4n) is 1.48. The number of halogens is 2. The molecule has 94 valence electrons. The molecule has 17 heavy (non-hydrogen) atoms. The van der Waals surface area contributed by atoms with Gasteiger partial charge in [-0.05, 0) is 18.6 Å². The Morgan fingerprint density at radius 3 is 2.53 bits per heavy atom. The summed E-state index contributed by atoms with van der Waals surface area (Å²) in [5.41, 5.74) is 0.695. The van der Waals surface area contributed by atoms with Crippen LogP contribution < -0.4 is 10.4 Å². The largest absolute Gasteiger partial charge is 0.410 e. The number of para-hydroxylation sites is 1. The van der Waals surface area contributed by atoms with Crippen LogP contribution >= 0.6 is 24.8 Å². The Hall–Kier alpha value is -1.19. The molecule has 1 aromatic heterocycles. The van der Waals surface area contributed by atoms with Crippen molar-refractivity contribution < 1.29 is 4.84 Å². The molecular formula is C12H15Cl2NO2. The summed E-state index contributed by atoms with van der Waals surface area (Å²) in [7, 11) is 0. The number of hydrogen-bond donors (Lipinski definition) is 0. The predicted octanol–water partition coefficient (Wildman–Crippen LogP) is 2.68. The van der Waals surface area contributed by atoms with Gasteiger partial charge < -0.3 is 4.84 Å². The number of nitrogens with zero attached hydrogens (tertiary/aromatic N) is 1. The van der Waals surface area contributed by atoms with Crippen LogP contribution in [0.2, 0.25) is 0 Å². The van der Waals surface area contributed by atoms with Crippen LogP contribution in [0, 0.1) is 0 Å². The second-order valence-electron chi connectivity index (χ2n) is 3.36. The van der Waals surface area contributed by atoms with Gasteiger partial charge in [-0.3, -0.25) is 4.79 Å². The van der Waals surface area contributed by atoms with Gasteiger partial charge in [-0.2, -0.15) is 0 Å². The molecule has 0 saturated carbocycles. The van der Waals surface area contributed by atoms with Crippen molar-refractivity contribution in [1.82, 2.24) is 4.73 Å². The van der Waals surface area contributed by atoms with E-state index in [0.29, 0.717) is 6.61 Å². The Morgan fingerprint density at radius 2 is 1.82 bits per heavy atom. The van der Waals surface area contributed by atoms with Gasteiger partial charge in [0.2, 0.25) is 0 Å². The molecule has 2 rings (SSSR count). The maximum Gasteiger partial charge on any atom is 0.283 e. The number of hydrogen-bond acceptors (Lipinski definition) is 2. The van der Waals surface area contributed by atoms with E-state index < -0.39 is 0 Å². The van der Waals surface area contributed by atoms with Crippen LogP contribution in [0.25, 0.3) is 10.9 Å². The van der Waals surface area contributed by atoms with Crippen LogP contribution in [0.3, 0.4) is 0 Å². The fourth-order valence-corrected chi connectivity index (χ4v) is 1.48. The third kappa shape index (κ3) is 3.38. The zero-order chi connectivity index (χ0) is 10.7. The minimum Gasteiger partial charge on any atom is -0.410 e. The zero-order valence-corrected chi connectivity index (χ0v) is 11.1. The van der Waals surface area contributed by atoms with E-state index in [1.54, 1.807) is 0 Å². The number of pyridine rings is 1. The summed E-state index contributed by atoms with van der Waals surface area (Å²) in [4.78, 5) is 17.0. The van der Waals surface area contributed by atoms with Crippen molar-refractivity contribution >= 4 is 35.7 Å². The van der Waals surface area contributed by atoms with Crippen molar-refractivity contribution in [3.05, 3.63) is 46.8 Å². The number of rotatable bonds is 3. The fraction of sp³-hybridized carbons (Fsp3) is 0.250. The Kier molecular flexibility index (Phi) is 6.69. The highest BCUT2D eigenvalue weighted by Crippen LogP contribution is 2.09. The lowest BCUT2D eigenvalue weighted by Crippen LogP contribution is -2.26. The minimum atomic E-state index is -0.123. The molecule has 0 radical (unpaired) electrons. The number of aromatic nitrogens is 1. The Bertz CT molecular complexity index is 525. The smallest absolute Gasteiger partial charge is 0.283 e. The summed E-state index contributed by atoms with van der Waals surface area (Å²) in [6.07, 6.45) is 0.885. The first-order chi connectivity index (χ1) is 7.33. The third-order valence-electron chi connectivity index (χ3n) is 2.19. The zero-order valence-electron chi connectivity index (χ0n) is 9.46. The summed E-state index contributed by atoms with van der Waals surface area (Å²) in [6, 6.07) is 11.0. The summed E-state index contributed by atoms with van der Waals surface area (Å²) in [5.74, 6) is 0. The quantitative estimate of drug-likeness (QED) is 0.863. The SMILES string of the molecule is CCCOn1c(=O)ccc2ccccc21.Cl.Cl. The Labute approximate surface area is 112 Å². The predicted molar refractivity (Wildman–Crippen MR) is 74.4 cm³/mol. The molecule has 1 heterocycles. The van der Waals surface area contributed by atoms with Gasteiger partial charge in [0.1, 0.15) is 6.61 Å². The third-order valence-corrected chi connectivity index (χ3v) is 2.19. The molecule has 0 amide bonds. The molecule has 0 saturated heterocycles. The molecule has 5 heteroatoms. The molecule has 0 aliphatic rings. The van der Waals surface area contributed by atoms with Gasteiger partial charge in [0.05, 0.1) is 5.52 Å². The van der Waals surface area contributed by atoms with E-state index in [2.05, 4.69) is 0 Å². The van der Waals surface area contributed by atoms with Gasteiger partial charge in [-0.1, -0.05) is 25.1 Å². The molecule has 0 aliphatic heterocycles. The average Bonchev–Trinajstić information content (AvgIpc) is 2.28. The maximum atomic E-state index is 11.6. The Morgan fingerprint density at radius 1 is 1.12 bits per heavy atom. The van der Waals surface area contributed by atoms with Gasteiger partial charge in [-0.25, -0.2) is 0 Å². The normalized spacial score (nSPS) is 9.24. The second-order valence-corrected chi connectivity index (χ2v) is 3.36. The van der Waals surface area contributed by atoms with Gasteiger partial charge in [0, 0.05) is 11.5 Å². The average molecular weight is 276 g/mol. The van der Waals surface area contributed by atoms with E-state index in [-0.39, 0.29) is 30.4 Å². The highest BCUT2D eigenvalue weighted by atomic mass is 35.5. The molecule has 0 aliphatic carbocycles. The molecule has 0 unspecified atom stereocenters. The lowest BCUT2D eigenvalue weighted by molar-refractivity contribution is 0.113. The van der Waals surface area contributed by atoms with Gasteiger partial charge in [0.25, 0.3) is 5.56 Å². The van der Waals surface area contributed by atoms with E-state index in [1.165, 1.54) is 10.8 Å². The topological polar surface area (TPSA) is 31.2 Å². The summed E-state index contributed by atoms with van der Waals surface area (Å²) in [6.45, 7) is 2.56. The monoisotopic (exact) mass is 275 g/mol. The van der Waals surface area contributed by atoms with Crippen molar-refractivity contribution in [2.24, 2.45) is 0 Å². The van der Waals surface area contributed by atoms with Crippen LogP contribution in [0.1, 0.15) is 13.3 Å². The van der Waals surface area contributed by atoms with Crippen LogP contribution in [0.4, 0.5) is 0 Å². The van der Waals surface area contributed by atoms with Crippen LogP contribution in [-0.2, 0) is 0 Å². The van der Waals surface area contributed by atoms with Crippen molar-refractivity contribution in [2.45, 2.75) is 13.3 Å². The van der Waals surface area contributed by atoms with Gasteiger partial charge in [-0.15, -0.1) is 29.5 Å². The van der Waals surface area contributed by atoms with Crippen molar-refractivity contribution in [1.29, 1.82) is 0 Å². The van der Waals surface area contributed by atoms with E-state index in [1.807, 2.05) is 37.3 Å². The van der Waals surface area contributed by atoms with Crippen molar-refractivity contribution in [2.75, 3.05) is 6.61 Å². The first-order valence-corrected chi connectivity index (χ1v) is 5.07. The van der Waals surface area contributed by atoms with E-state index in [9.17, 15) is 4.79 Å². The maximum absolute atomic E-state index is 11.6. The van der Waals surface area contributed by atoms with Crippen LogP contribution in [-0.4, -0.2) is 11.3 Å². The molecule has 0 N–H and O–H groups in total. The molecule has 3 nitrogen and oxygen atoms in total. The molecule has 1 aromatic carbocycles. The molecule has 2 aromatic rings. The summed E-state index contributed by atoms with van der Waals surface area (Å²) >= 11 is 0. The lowest BCUT2D eigenvalue weighted by atomic mass is 10.2. The summed E-state index contributed by atoms with van der Waals surface area (Å²) in [5, 5.41) is 1.01. The first kappa shape index (κ1) is 15.8. The molecule has 0 fully saturated rings. The van der Waals surface area contributed by atoms with Gasteiger partial charge in [0.15, 0.2) is 0 Å². The molecule has 0 atom stereocenters. The van der Waals surface area contributed by atoms with Crippen molar-refractivity contribution in [3.63, 3.8) is 0 Å². The van der Waals surface area contributed by atoms with E-state index in [4.69, 9.17) is 4.84 Å². The molecule has 0 spiro atoms. The Balaban J connectivity index is 0.00000128. The summed E-state index contributed by atoms with van der Waals surface area (Å²) < 4.78 is 1.36. The van der Waals surface area contributed by atoms with Crippen LogP contribution in [0.15, 0.2) is 41.2 Å². The standard InChI is InChI=1S/C12H13NO2.2ClH/c1-2-9-15-13-11-6-4-3-5-10(11)7-8-12(13)14;;/h3-8H,2,9H2,1H3;2*1H. The lowest BCUT2D eigenvalue weighted by Gasteiger charge is -2.09. The number of fused-ring (bicyclic) bond motifs is 1.